The molecule has 0 amide bonds. The molecular weight excluding hydrogens is 309 g/mol. The molecule has 0 bridgehead atoms. The van der Waals surface area contributed by atoms with Crippen molar-refractivity contribution in [3.63, 3.8) is 0 Å². The van der Waals surface area contributed by atoms with Crippen LogP contribution in [0.15, 0.2) is 22.7 Å². The third kappa shape index (κ3) is 3.13. The molecule has 0 saturated heterocycles. The van der Waals surface area contributed by atoms with Gasteiger partial charge in [-0.2, -0.15) is 0 Å². The summed E-state index contributed by atoms with van der Waals surface area (Å²) in [7, 11) is 0. The van der Waals surface area contributed by atoms with E-state index < -0.39 is 0 Å². The van der Waals surface area contributed by atoms with Crippen molar-refractivity contribution < 1.29 is 0 Å². The van der Waals surface area contributed by atoms with Crippen molar-refractivity contribution in [2.45, 2.75) is 31.7 Å². The summed E-state index contributed by atoms with van der Waals surface area (Å²) in [6.45, 7) is 0. The third-order valence-electron chi connectivity index (χ3n) is 3.22. The summed E-state index contributed by atoms with van der Waals surface area (Å²) in [5.41, 5.74) is 7.35. The molecule has 2 N–H and O–H groups in total. The van der Waals surface area contributed by atoms with E-state index >= 15 is 0 Å². The summed E-state index contributed by atoms with van der Waals surface area (Å²) in [4.78, 5) is 0. The molecule has 1 nitrogen and oxygen atoms in total. The molecule has 4 heteroatoms. The topological polar surface area (TPSA) is 26.0 Å². The zero-order valence-electron chi connectivity index (χ0n) is 8.96. The maximum absolute atomic E-state index is 6.26. The minimum Gasteiger partial charge on any atom is -0.324 e. The first-order valence-corrected chi connectivity index (χ1v) is 6.56. The molecule has 1 aromatic carbocycles. The van der Waals surface area contributed by atoms with Gasteiger partial charge < -0.3 is 5.73 Å². The molecule has 2 rings (SSSR count). The van der Waals surface area contributed by atoms with Crippen molar-refractivity contribution >= 4 is 39.9 Å². The smallest absolute Gasteiger partial charge is 0.0454 e. The van der Waals surface area contributed by atoms with Gasteiger partial charge in [-0.05, 0) is 42.5 Å². The number of halogens is 3. The van der Waals surface area contributed by atoms with Crippen LogP contribution in [-0.2, 0) is 0 Å². The maximum Gasteiger partial charge on any atom is 0.0454 e. The van der Waals surface area contributed by atoms with Crippen LogP contribution in [0.5, 0.6) is 0 Å². The van der Waals surface area contributed by atoms with Crippen molar-refractivity contribution in [2.75, 3.05) is 0 Å². The monoisotopic (exact) mass is 323 g/mol. The number of benzene rings is 1. The Bertz CT molecular complexity index is 351. The zero-order valence-corrected chi connectivity index (χ0v) is 12.1. The lowest BCUT2D eigenvalue weighted by atomic mass is 9.92. The van der Waals surface area contributed by atoms with Gasteiger partial charge in [0.15, 0.2) is 0 Å². The van der Waals surface area contributed by atoms with E-state index in [9.17, 15) is 0 Å². The number of hydrogen-bond donors (Lipinski definition) is 1. The Kier molecular flexibility index (Phi) is 5.58. The molecule has 0 spiro atoms. The van der Waals surface area contributed by atoms with Gasteiger partial charge in [-0.1, -0.05) is 40.4 Å². The van der Waals surface area contributed by atoms with Crippen LogP contribution in [0.1, 0.15) is 37.3 Å². The second-order valence-electron chi connectivity index (χ2n) is 4.24. The van der Waals surface area contributed by atoms with E-state index in [1.165, 1.54) is 25.7 Å². The summed E-state index contributed by atoms with van der Waals surface area (Å²) in [5, 5.41) is 0.789. The standard InChI is InChI=1S/C12H15BrClN.ClH/c13-9-5-6-11(14)10(7-9)12(15)8-3-1-2-4-8;/h5-8,12H,1-4,15H2;1H/t12-;/m0./s1. The fourth-order valence-corrected chi connectivity index (χ4v) is 2.96. The van der Waals surface area contributed by atoms with E-state index in [-0.39, 0.29) is 18.4 Å². The average Bonchev–Trinajstić information content (AvgIpc) is 2.74. The molecule has 0 radical (unpaired) electrons. The van der Waals surface area contributed by atoms with Crippen LogP contribution in [0.3, 0.4) is 0 Å². The molecular formula is C12H16BrCl2N. The van der Waals surface area contributed by atoms with Gasteiger partial charge in [-0.15, -0.1) is 12.4 Å². The van der Waals surface area contributed by atoms with E-state index in [2.05, 4.69) is 15.9 Å². The Morgan fingerprint density at radius 3 is 2.56 bits per heavy atom. The molecule has 90 valence electrons. The number of nitrogens with two attached hydrogens (primary N) is 1. The molecule has 1 fully saturated rings. The van der Waals surface area contributed by atoms with Gasteiger partial charge in [0, 0.05) is 15.5 Å². The molecule has 1 aliphatic carbocycles. The van der Waals surface area contributed by atoms with Gasteiger partial charge >= 0.3 is 0 Å². The van der Waals surface area contributed by atoms with Crippen molar-refractivity contribution in [3.8, 4) is 0 Å². The summed E-state index contributed by atoms with van der Waals surface area (Å²) < 4.78 is 1.05. The van der Waals surface area contributed by atoms with Crippen molar-refractivity contribution in [1.82, 2.24) is 0 Å². The highest BCUT2D eigenvalue weighted by Crippen LogP contribution is 2.37. The first kappa shape index (κ1) is 14.3. The quantitative estimate of drug-likeness (QED) is 0.837. The van der Waals surface area contributed by atoms with E-state index in [1.807, 2.05) is 18.2 Å². The molecule has 1 saturated carbocycles. The van der Waals surface area contributed by atoms with Gasteiger partial charge in [0.05, 0.1) is 0 Å². The Labute approximate surface area is 116 Å². The Hall–Kier alpha value is 0.240. The van der Waals surface area contributed by atoms with Crippen LogP contribution in [0.25, 0.3) is 0 Å². The van der Waals surface area contributed by atoms with E-state index in [1.54, 1.807) is 0 Å². The summed E-state index contributed by atoms with van der Waals surface area (Å²) in [6, 6.07) is 6.01. The lowest BCUT2D eigenvalue weighted by Crippen LogP contribution is -2.19. The van der Waals surface area contributed by atoms with Crippen LogP contribution >= 0.6 is 39.9 Å². The fourth-order valence-electron chi connectivity index (χ4n) is 2.34. The van der Waals surface area contributed by atoms with Crippen LogP contribution in [0, 0.1) is 5.92 Å². The van der Waals surface area contributed by atoms with Crippen molar-refractivity contribution in [2.24, 2.45) is 11.7 Å². The molecule has 16 heavy (non-hydrogen) atoms. The lowest BCUT2D eigenvalue weighted by molar-refractivity contribution is 0.445. The molecule has 1 aromatic rings. The maximum atomic E-state index is 6.26. The summed E-state index contributed by atoms with van der Waals surface area (Å²) in [5.74, 6) is 0.608. The molecule has 0 aliphatic heterocycles. The molecule has 0 aromatic heterocycles. The lowest BCUT2D eigenvalue weighted by Gasteiger charge is -2.20. The van der Waals surface area contributed by atoms with Crippen molar-refractivity contribution in [1.29, 1.82) is 0 Å². The van der Waals surface area contributed by atoms with Crippen LogP contribution in [0.4, 0.5) is 0 Å². The third-order valence-corrected chi connectivity index (χ3v) is 4.06. The molecule has 0 heterocycles. The van der Waals surface area contributed by atoms with E-state index in [4.69, 9.17) is 17.3 Å². The zero-order chi connectivity index (χ0) is 10.8. The largest absolute Gasteiger partial charge is 0.324 e. The minimum atomic E-state index is 0. The predicted molar refractivity (Wildman–Crippen MR) is 75.3 cm³/mol. The fraction of sp³-hybridized carbons (Fsp3) is 0.500. The van der Waals surface area contributed by atoms with Gasteiger partial charge in [0.25, 0.3) is 0 Å². The molecule has 1 atom stereocenters. The van der Waals surface area contributed by atoms with Crippen LogP contribution in [0.2, 0.25) is 5.02 Å². The first-order valence-electron chi connectivity index (χ1n) is 5.39. The van der Waals surface area contributed by atoms with Gasteiger partial charge in [-0.25, -0.2) is 0 Å². The normalized spacial score (nSPS) is 18.2. The summed E-state index contributed by atoms with van der Waals surface area (Å²) in [6.07, 6.45) is 5.10. The predicted octanol–water partition coefficient (Wildman–Crippen LogP) is 4.71. The number of rotatable bonds is 2. The van der Waals surface area contributed by atoms with Gasteiger partial charge in [-0.3, -0.25) is 0 Å². The van der Waals surface area contributed by atoms with E-state index in [0.717, 1.165) is 15.1 Å². The second-order valence-corrected chi connectivity index (χ2v) is 5.56. The second kappa shape index (κ2) is 6.25. The van der Waals surface area contributed by atoms with Crippen LogP contribution < -0.4 is 5.73 Å². The highest BCUT2D eigenvalue weighted by molar-refractivity contribution is 9.10. The van der Waals surface area contributed by atoms with Gasteiger partial charge in [0.2, 0.25) is 0 Å². The highest BCUT2D eigenvalue weighted by Gasteiger charge is 2.24. The average molecular weight is 325 g/mol. The molecule has 1 aliphatic rings. The van der Waals surface area contributed by atoms with Crippen molar-refractivity contribution in [3.05, 3.63) is 33.3 Å². The van der Waals surface area contributed by atoms with Crippen LogP contribution in [-0.4, -0.2) is 0 Å². The Morgan fingerprint density at radius 2 is 1.94 bits per heavy atom. The first-order chi connectivity index (χ1) is 7.18. The minimum absolute atomic E-state index is 0. The Morgan fingerprint density at radius 1 is 1.31 bits per heavy atom. The van der Waals surface area contributed by atoms with E-state index in [0.29, 0.717) is 5.92 Å². The SMILES string of the molecule is Cl.N[C@H](c1cc(Br)ccc1Cl)C1CCCC1. The Balaban J connectivity index is 0.00000128. The summed E-state index contributed by atoms with van der Waals surface area (Å²) >= 11 is 9.63. The number of hydrogen-bond acceptors (Lipinski definition) is 1. The van der Waals surface area contributed by atoms with Gasteiger partial charge in [0.1, 0.15) is 0 Å². The molecule has 0 unspecified atom stereocenters. The highest BCUT2D eigenvalue weighted by atomic mass is 79.9.